The third-order valence-electron chi connectivity index (χ3n) is 7.84. The predicted molar refractivity (Wildman–Crippen MR) is 157 cm³/mol. The molecule has 212 valence electrons. The van der Waals surface area contributed by atoms with Gasteiger partial charge < -0.3 is 34.8 Å². The van der Waals surface area contributed by atoms with Crippen molar-refractivity contribution in [2.24, 2.45) is 0 Å². The topological polar surface area (TPSA) is 103 Å². The molecule has 2 saturated heterocycles. The van der Waals surface area contributed by atoms with Crippen LogP contribution >= 0.6 is 15.9 Å². The zero-order chi connectivity index (χ0) is 28.4. The second-order valence-corrected chi connectivity index (χ2v) is 11.2. The number of para-hydroxylation sites is 2. The number of piperidine rings is 1. The van der Waals surface area contributed by atoms with E-state index in [1.54, 1.807) is 9.80 Å². The fraction of sp³-hybridized carbons (Fsp3) is 0.300. The summed E-state index contributed by atoms with van der Waals surface area (Å²) in [7, 11) is 0. The van der Waals surface area contributed by atoms with Crippen molar-refractivity contribution in [2.45, 2.75) is 24.9 Å². The van der Waals surface area contributed by atoms with Gasteiger partial charge in [-0.3, -0.25) is 9.59 Å². The highest BCUT2D eigenvalue weighted by atomic mass is 79.9. The molecule has 3 heterocycles. The fourth-order valence-corrected chi connectivity index (χ4v) is 6.02. The van der Waals surface area contributed by atoms with Gasteiger partial charge in [-0.2, -0.15) is 0 Å². The van der Waals surface area contributed by atoms with E-state index in [1.807, 2.05) is 72.8 Å². The van der Waals surface area contributed by atoms with Crippen LogP contribution in [0.3, 0.4) is 0 Å². The van der Waals surface area contributed by atoms with Gasteiger partial charge in [0.2, 0.25) is 12.7 Å². The molecule has 3 aromatic rings. The molecule has 0 bridgehead atoms. The summed E-state index contributed by atoms with van der Waals surface area (Å²) in [5, 5.41) is 5.87. The molecule has 3 aliphatic rings. The third-order valence-corrected chi connectivity index (χ3v) is 8.53. The number of rotatable bonds is 6. The minimum absolute atomic E-state index is 0.0549. The number of fused-ring (bicyclic) bond motifs is 1. The molecule has 2 N–H and O–H groups in total. The lowest BCUT2D eigenvalue weighted by atomic mass is 9.85. The molecule has 0 saturated carbocycles. The first kappa shape index (κ1) is 26.9. The molecule has 0 atom stereocenters. The molecule has 0 aromatic heterocycles. The van der Waals surface area contributed by atoms with E-state index < -0.39 is 5.54 Å². The Morgan fingerprint density at radius 2 is 1.66 bits per heavy atom. The maximum absolute atomic E-state index is 14.0. The Labute approximate surface area is 246 Å². The summed E-state index contributed by atoms with van der Waals surface area (Å²) in [4.78, 5) is 45.4. The summed E-state index contributed by atoms with van der Waals surface area (Å²) in [6.07, 6.45) is 0.916. The number of carbonyl (C=O) groups is 3. The highest BCUT2D eigenvalue weighted by Gasteiger charge is 2.54. The Kier molecular flexibility index (Phi) is 7.44. The van der Waals surface area contributed by atoms with Crippen LogP contribution in [-0.4, -0.2) is 66.3 Å². The summed E-state index contributed by atoms with van der Waals surface area (Å²) in [5.41, 5.74) is 1.66. The molecule has 4 amide bonds. The number of halogens is 1. The largest absolute Gasteiger partial charge is 0.454 e. The zero-order valence-electron chi connectivity index (χ0n) is 22.3. The number of carbonyl (C=O) groups excluding carboxylic acids is 3. The fourth-order valence-electron chi connectivity index (χ4n) is 5.64. The van der Waals surface area contributed by atoms with Crippen LogP contribution in [0.1, 0.15) is 18.4 Å². The zero-order valence-corrected chi connectivity index (χ0v) is 23.9. The number of hydrogen-bond donors (Lipinski definition) is 2. The lowest BCUT2D eigenvalue weighted by Gasteiger charge is -2.43. The standard InChI is InChI=1S/C30H30BrN5O5/c31-23-8-4-5-9-24(23)33-29(39)34-14-12-30(13-15-34)28(38)35(19-36(30)22-6-2-1-3-7-22)18-27(37)32-17-21-10-11-25-26(16-21)41-20-40-25/h1-11,16H,12-15,17-20H2,(H,32,37)(H,33,39). The van der Waals surface area contributed by atoms with Crippen molar-refractivity contribution >= 4 is 45.2 Å². The monoisotopic (exact) mass is 619 g/mol. The summed E-state index contributed by atoms with van der Waals surface area (Å²) < 4.78 is 11.6. The lowest BCUT2D eigenvalue weighted by Crippen LogP contribution is -2.58. The summed E-state index contributed by atoms with van der Waals surface area (Å²) in [5.74, 6) is 1.01. The number of benzene rings is 3. The normalized spacial score (nSPS) is 17.2. The SMILES string of the molecule is O=C(CN1CN(c2ccccc2)C2(CCN(C(=O)Nc3ccccc3Br)CC2)C1=O)NCc1ccc2c(c1)OCO2. The van der Waals surface area contributed by atoms with E-state index in [2.05, 4.69) is 31.5 Å². The summed E-state index contributed by atoms with van der Waals surface area (Å²) in [6.45, 7) is 1.57. The second kappa shape index (κ2) is 11.3. The van der Waals surface area contributed by atoms with Crippen LogP contribution in [0.5, 0.6) is 11.5 Å². The maximum atomic E-state index is 14.0. The lowest BCUT2D eigenvalue weighted by molar-refractivity contribution is -0.137. The number of amides is 4. The first-order valence-electron chi connectivity index (χ1n) is 13.5. The van der Waals surface area contributed by atoms with Crippen molar-refractivity contribution in [3.05, 3.63) is 82.8 Å². The average Bonchev–Trinajstić information content (AvgIpc) is 3.57. The Balaban J connectivity index is 1.12. The summed E-state index contributed by atoms with van der Waals surface area (Å²) >= 11 is 3.47. The van der Waals surface area contributed by atoms with Gasteiger partial charge in [-0.05, 0) is 70.7 Å². The minimum Gasteiger partial charge on any atom is -0.454 e. The van der Waals surface area contributed by atoms with E-state index in [0.29, 0.717) is 56.3 Å². The van der Waals surface area contributed by atoms with Gasteiger partial charge >= 0.3 is 6.03 Å². The molecule has 0 unspecified atom stereocenters. The van der Waals surface area contributed by atoms with Gasteiger partial charge in [-0.25, -0.2) is 4.79 Å². The first-order valence-corrected chi connectivity index (χ1v) is 14.3. The van der Waals surface area contributed by atoms with Crippen LogP contribution in [0.15, 0.2) is 77.3 Å². The number of hydrogen-bond acceptors (Lipinski definition) is 6. The molecule has 41 heavy (non-hydrogen) atoms. The van der Waals surface area contributed by atoms with E-state index in [9.17, 15) is 14.4 Å². The van der Waals surface area contributed by atoms with Crippen LogP contribution in [0.2, 0.25) is 0 Å². The minimum atomic E-state index is -0.830. The van der Waals surface area contributed by atoms with Crippen molar-refractivity contribution in [3.8, 4) is 11.5 Å². The molecule has 3 aromatic carbocycles. The quantitative estimate of drug-likeness (QED) is 0.429. The molecule has 3 aliphatic heterocycles. The molecule has 0 radical (unpaired) electrons. The van der Waals surface area contributed by atoms with Crippen LogP contribution < -0.4 is 25.0 Å². The highest BCUT2D eigenvalue weighted by Crippen LogP contribution is 2.39. The number of anilines is 2. The maximum Gasteiger partial charge on any atom is 0.321 e. The van der Waals surface area contributed by atoms with Gasteiger partial charge in [0.15, 0.2) is 11.5 Å². The van der Waals surface area contributed by atoms with E-state index in [1.165, 1.54) is 0 Å². The van der Waals surface area contributed by atoms with Crippen molar-refractivity contribution < 1.29 is 23.9 Å². The van der Waals surface area contributed by atoms with Gasteiger partial charge in [0, 0.05) is 29.8 Å². The van der Waals surface area contributed by atoms with Crippen molar-refractivity contribution in [3.63, 3.8) is 0 Å². The van der Waals surface area contributed by atoms with Gasteiger partial charge in [-0.1, -0.05) is 36.4 Å². The Morgan fingerprint density at radius 3 is 2.44 bits per heavy atom. The molecule has 11 heteroatoms. The Morgan fingerprint density at radius 1 is 0.927 bits per heavy atom. The molecular formula is C30H30BrN5O5. The van der Waals surface area contributed by atoms with Gasteiger partial charge in [-0.15, -0.1) is 0 Å². The number of nitrogens with zero attached hydrogens (tertiary/aromatic N) is 3. The van der Waals surface area contributed by atoms with Gasteiger partial charge in [0.25, 0.3) is 5.91 Å². The Hall–Kier alpha value is -4.25. The number of likely N-dealkylation sites (tertiary alicyclic amines) is 1. The van der Waals surface area contributed by atoms with Crippen LogP contribution in [0, 0.1) is 0 Å². The van der Waals surface area contributed by atoms with Crippen molar-refractivity contribution in [1.29, 1.82) is 0 Å². The van der Waals surface area contributed by atoms with Crippen molar-refractivity contribution in [2.75, 3.05) is 43.3 Å². The third kappa shape index (κ3) is 5.41. The second-order valence-electron chi connectivity index (χ2n) is 10.3. The molecule has 2 fully saturated rings. The van der Waals surface area contributed by atoms with Crippen LogP contribution in [-0.2, 0) is 16.1 Å². The highest BCUT2D eigenvalue weighted by molar-refractivity contribution is 9.10. The van der Waals surface area contributed by atoms with Gasteiger partial charge in [0.05, 0.1) is 12.4 Å². The number of ether oxygens (including phenoxy) is 2. The first-order chi connectivity index (χ1) is 19.9. The average molecular weight is 621 g/mol. The number of nitrogens with one attached hydrogen (secondary N) is 2. The number of urea groups is 1. The van der Waals surface area contributed by atoms with Crippen molar-refractivity contribution in [1.82, 2.24) is 15.1 Å². The van der Waals surface area contributed by atoms with E-state index in [4.69, 9.17) is 9.47 Å². The molecule has 1 spiro atoms. The van der Waals surface area contributed by atoms with E-state index in [0.717, 1.165) is 15.7 Å². The predicted octanol–water partition coefficient (Wildman–Crippen LogP) is 4.17. The smallest absolute Gasteiger partial charge is 0.321 e. The van der Waals surface area contributed by atoms with Crippen LogP contribution in [0.4, 0.5) is 16.2 Å². The molecule has 0 aliphatic carbocycles. The summed E-state index contributed by atoms with van der Waals surface area (Å²) in [6, 6.07) is 22.6. The van der Waals surface area contributed by atoms with E-state index in [-0.39, 0.29) is 31.2 Å². The van der Waals surface area contributed by atoms with E-state index >= 15 is 0 Å². The molecule has 6 rings (SSSR count). The van der Waals surface area contributed by atoms with Crippen LogP contribution in [0.25, 0.3) is 0 Å². The Bertz CT molecular complexity index is 1460. The molecule has 10 nitrogen and oxygen atoms in total. The van der Waals surface area contributed by atoms with Gasteiger partial charge in [0.1, 0.15) is 12.1 Å². The molecular weight excluding hydrogens is 590 g/mol.